The molecule has 2 saturated heterocycles. The molecule has 0 bridgehead atoms. The van der Waals surface area contributed by atoms with Gasteiger partial charge in [0.1, 0.15) is 18.2 Å². The van der Waals surface area contributed by atoms with Crippen LogP contribution in [0.4, 0.5) is 4.39 Å². The van der Waals surface area contributed by atoms with Crippen molar-refractivity contribution >= 4 is 32.9 Å². The Hall–Kier alpha value is -3.34. The van der Waals surface area contributed by atoms with Crippen LogP contribution in [-0.4, -0.2) is 56.3 Å². The van der Waals surface area contributed by atoms with Gasteiger partial charge in [0.05, 0.1) is 35.3 Å². The molecule has 0 spiro atoms. The minimum absolute atomic E-state index is 0.0557. The highest BCUT2D eigenvalue weighted by Crippen LogP contribution is 2.34. The summed E-state index contributed by atoms with van der Waals surface area (Å²) in [5, 5.41) is 9.54. The van der Waals surface area contributed by atoms with E-state index in [-0.39, 0.29) is 30.1 Å². The molecular formula is C31H32BrFN4O4. The molecule has 2 aromatic heterocycles. The van der Waals surface area contributed by atoms with Gasteiger partial charge in [-0.05, 0) is 75.7 Å². The van der Waals surface area contributed by atoms with E-state index >= 15 is 0 Å². The topological polar surface area (TPSA) is 89.7 Å². The van der Waals surface area contributed by atoms with Crippen molar-refractivity contribution in [2.75, 3.05) is 19.7 Å². The Morgan fingerprint density at radius 2 is 1.95 bits per heavy atom. The fraction of sp³-hybridized carbons (Fsp3) is 0.387. The number of rotatable bonds is 9. The van der Waals surface area contributed by atoms with Crippen molar-refractivity contribution < 1.29 is 23.8 Å². The van der Waals surface area contributed by atoms with Crippen molar-refractivity contribution in [2.45, 2.75) is 57.4 Å². The fourth-order valence-electron chi connectivity index (χ4n) is 5.69. The van der Waals surface area contributed by atoms with Crippen LogP contribution in [-0.2, 0) is 17.9 Å². The zero-order chi connectivity index (χ0) is 28.5. The molecule has 1 unspecified atom stereocenters. The maximum Gasteiger partial charge on any atom is 0.335 e. The van der Waals surface area contributed by atoms with E-state index in [1.54, 1.807) is 30.3 Å². The Labute approximate surface area is 246 Å². The number of carbonyl (C=O) groups is 1. The molecule has 4 heterocycles. The predicted octanol–water partition coefficient (Wildman–Crippen LogP) is 6.34. The second kappa shape index (κ2) is 11.9. The second-order valence-electron chi connectivity index (χ2n) is 10.8. The lowest BCUT2D eigenvalue weighted by Crippen LogP contribution is -2.37. The number of aromatic carboxylic acids is 1. The van der Waals surface area contributed by atoms with Crippen LogP contribution in [0.1, 0.15) is 65.6 Å². The molecular weight excluding hydrogens is 591 g/mol. The van der Waals surface area contributed by atoms with Crippen molar-refractivity contribution in [1.82, 2.24) is 19.4 Å². The van der Waals surface area contributed by atoms with Crippen molar-refractivity contribution in [3.8, 4) is 5.88 Å². The van der Waals surface area contributed by atoms with E-state index in [1.807, 2.05) is 18.2 Å². The normalized spacial score (nSPS) is 18.8. The first kappa shape index (κ1) is 27.8. The lowest BCUT2D eigenvalue weighted by Gasteiger charge is -2.36. The standard InChI is InChI=1S/C31H32BrFN4O4/c1-19(30-35-27-8-6-21(31(38)39)15-28(27)37(30)17-24-11-14-40-24)36-12-9-20(10-13-36)26-3-2-4-29(34-26)41-18-22-5-7-23(32)16-25(22)33/h2-8,15-16,19-20,24H,9-14,17-18H2,1H3,(H,38,39)/t19-,24?/m0/s1. The number of carboxylic acid groups (broad SMARTS) is 1. The molecule has 0 radical (unpaired) electrons. The number of hydrogen-bond donors (Lipinski definition) is 1. The van der Waals surface area contributed by atoms with Gasteiger partial charge in [0, 0.05) is 34.3 Å². The van der Waals surface area contributed by atoms with E-state index in [0.29, 0.717) is 28.4 Å². The number of halogens is 2. The van der Waals surface area contributed by atoms with Gasteiger partial charge >= 0.3 is 5.97 Å². The van der Waals surface area contributed by atoms with Crippen LogP contribution >= 0.6 is 15.9 Å². The van der Waals surface area contributed by atoms with E-state index in [1.165, 1.54) is 6.07 Å². The molecule has 0 aliphatic carbocycles. The molecule has 2 aliphatic heterocycles. The van der Waals surface area contributed by atoms with Gasteiger partial charge in [-0.3, -0.25) is 4.90 Å². The molecule has 2 aromatic carbocycles. The highest BCUT2D eigenvalue weighted by molar-refractivity contribution is 9.10. The SMILES string of the molecule is C[C@@H](c1nc2ccc(C(=O)O)cc2n1CC1CCO1)N1CCC(c2cccc(OCc3ccc(Br)cc3F)n2)CC1. The van der Waals surface area contributed by atoms with E-state index in [4.69, 9.17) is 19.4 Å². The second-order valence-corrected chi connectivity index (χ2v) is 11.7. The smallest absolute Gasteiger partial charge is 0.335 e. The highest BCUT2D eigenvalue weighted by Gasteiger charge is 2.30. The Kier molecular flexibility index (Phi) is 8.05. The van der Waals surface area contributed by atoms with Crippen LogP contribution in [0, 0.1) is 5.82 Å². The number of imidazole rings is 1. The third-order valence-corrected chi connectivity index (χ3v) is 8.70. The Morgan fingerprint density at radius 3 is 2.66 bits per heavy atom. The van der Waals surface area contributed by atoms with Crippen LogP contribution in [0.15, 0.2) is 59.1 Å². The summed E-state index contributed by atoms with van der Waals surface area (Å²) in [4.78, 5) is 23.8. The number of aromatic nitrogens is 3. The summed E-state index contributed by atoms with van der Waals surface area (Å²) in [5.74, 6) is 0.470. The number of nitrogens with zero attached hydrogens (tertiary/aromatic N) is 4. The summed E-state index contributed by atoms with van der Waals surface area (Å²) in [7, 11) is 0. The van der Waals surface area contributed by atoms with Crippen LogP contribution in [0.5, 0.6) is 5.88 Å². The van der Waals surface area contributed by atoms with Gasteiger partial charge in [-0.1, -0.05) is 28.1 Å². The van der Waals surface area contributed by atoms with Crippen molar-refractivity contribution in [3.05, 3.63) is 87.5 Å². The first-order chi connectivity index (χ1) is 19.9. The van der Waals surface area contributed by atoms with Gasteiger partial charge in [-0.25, -0.2) is 19.2 Å². The van der Waals surface area contributed by atoms with Crippen LogP contribution < -0.4 is 4.74 Å². The zero-order valence-electron chi connectivity index (χ0n) is 22.8. The summed E-state index contributed by atoms with van der Waals surface area (Å²) < 4.78 is 28.6. The van der Waals surface area contributed by atoms with Gasteiger partial charge in [0.2, 0.25) is 5.88 Å². The average molecular weight is 624 g/mol. The van der Waals surface area contributed by atoms with Gasteiger partial charge < -0.3 is 19.1 Å². The zero-order valence-corrected chi connectivity index (χ0v) is 24.4. The molecule has 214 valence electrons. The largest absolute Gasteiger partial charge is 0.478 e. The average Bonchev–Trinajstić information content (AvgIpc) is 3.32. The van der Waals surface area contributed by atoms with Crippen molar-refractivity contribution in [3.63, 3.8) is 0 Å². The number of piperidine rings is 1. The van der Waals surface area contributed by atoms with Gasteiger partial charge in [-0.2, -0.15) is 0 Å². The van der Waals surface area contributed by atoms with E-state index in [2.05, 4.69) is 32.3 Å². The molecule has 0 saturated carbocycles. The molecule has 0 amide bonds. The number of fused-ring (bicyclic) bond motifs is 1. The number of likely N-dealkylation sites (tertiary alicyclic amines) is 1. The lowest BCUT2D eigenvalue weighted by molar-refractivity contribution is -0.0594. The molecule has 2 fully saturated rings. The fourth-order valence-corrected chi connectivity index (χ4v) is 6.03. The minimum Gasteiger partial charge on any atom is -0.478 e. The van der Waals surface area contributed by atoms with Gasteiger partial charge in [0.15, 0.2) is 0 Å². The first-order valence-corrected chi connectivity index (χ1v) is 14.8. The van der Waals surface area contributed by atoms with Gasteiger partial charge in [-0.15, -0.1) is 0 Å². The summed E-state index contributed by atoms with van der Waals surface area (Å²) in [6.07, 6.45) is 3.00. The molecule has 2 aliphatic rings. The van der Waals surface area contributed by atoms with Crippen LogP contribution in [0.2, 0.25) is 0 Å². The first-order valence-electron chi connectivity index (χ1n) is 14.0. The molecule has 8 nitrogen and oxygen atoms in total. The van der Waals surface area contributed by atoms with E-state index < -0.39 is 5.97 Å². The maximum atomic E-state index is 14.2. The lowest BCUT2D eigenvalue weighted by atomic mass is 9.92. The molecule has 1 N–H and O–H groups in total. The van der Waals surface area contributed by atoms with Gasteiger partial charge in [0.25, 0.3) is 0 Å². The third kappa shape index (κ3) is 6.00. The molecule has 41 heavy (non-hydrogen) atoms. The molecule has 10 heteroatoms. The molecule has 2 atom stereocenters. The third-order valence-electron chi connectivity index (χ3n) is 8.21. The number of hydrogen-bond acceptors (Lipinski definition) is 6. The summed E-state index contributed by atoms with van der Waals surface area (Å²) >= 11 is 3.28. The Morgan fingerprint density at radius 1 is 1.15 bits per heavy atom. The monoisotopic (exact) mass is 622 g/mol. The van der Waals surface area contributed by atoms with E-state index in [0.717, 1.165) is 61.5 Å². The number of pyridine rings is 1. The maximum absolute atomic E-state index is 14.2. The van der Waals surface area contributed by atoms with Crippen molar-refractivity contribution in [1.29, 1.82) is 0 Å². The Bertz CT molecular complexity index is 1570. The minimum atomic E-state index is -0.945. The van der Waals surface area contributed by atoms with Crippen molar-refractivity contribution in [2.24, 2.45) is 0 Å². The number of benzene rings is 2. The quantitative estimate of drug-likeness (QED) is 0.233. The summed E-state index contributed by atoms with van der Waals surface area (Å²) in [5.41, 5.74) is 3.36. The van der Waals surface area contributed by atoms with Crippen LogP contribution in [0.25, 0.3) is 11.0 Å². The number of ether oxygens (including phenoxy) is 2. The van der Waals surface area contributed by atoms with Crippen LogP contribution in [0.3, 0.4) is 0 Å². The molecule has 4 aromatic rings. The molecule has 6 rings (SSSR count). The number of carboxylic acids is 1. The van der Waals surface area contributed by atoms with E-state index in [9.17, 15) is 14.3 Å². The Balaban J connectivity index is 1.14. The summed E-state index contributed by atoms with van der Waals surface area (Å²) in [6.45, 7) is 5.48. The predicted molar refractivity (Wildman–Crippen MR) is 156 cm³/mol. The highest BCUT2D eigenvalue weighted by atomic mass is 79.9. The summed E-state index contributed by atoms with van der Waals surface area (Å²) in [6, 6.07) is 15.9.